The Balaban J connectivity index is 2.20. The third-order valence-electron chi connectivity index (χ3n) is 3.12. The van der Waals surface area contributed by atoms with Crippen LogP contribution in [0.3, 0.4) is 0 Å². The van der Waals surface area contributed by atoms with Gasteiger partial charge in [-0.3, -0.25) is 9.59 Å². The normalized spacial score (nSPS) is 18.9. The molecule has 1 amide bonds. The molecule has 2 heterocycles. The molecular formula is C12H14N2O4. The summed E-state index contributed by atoms with van der Waals surface area (Å²) in [6.07, 6.45) is 2.62. The highest BCUT2D eigenvalue weighted by atomic mass is 16.4. The Morgan fingerprint density at radius 2 is 2.17 bits per heavy atom. The minimum absolute atomic E-state index is 0.137. The first-order valence-electron chi connectivity index (χ1n) is 5.74. The van der Waals surface area contributed by atoms with Gasteiger partial charge in [-0.1, -0.05) is 0 Å². The van der Waals surface area contributed by atoms with Crippen molar-refractivity contribution in [2.45, 2.75) is 25.8 Å². The van der Waals surface area contributed by atoms with Crippen LogP contribution in [0.4, 0.5) is 0 Å². The minimum atomic E-state index is -0.987. The number of carboxylic acid groups (broad SMARTS) is 1. The number of carbonyl (C=O) groups excluding carboxylic acids is 2. The molecule has 0 unspecified atom stereocenters. The van der Waals surface area contributed by atoms with E-state index in [9.17, 15) is 14.4 Å². The molecule has 2 rings (SSSR count). The average Bonchev–Trinajstić information content (AvgIpc) is 2.97. The lowest BCUT2D eigenvalue weighted by atomic mass is 10.2. The van der Waals surface area contributed by atoms with Crippen LogP contribution in [0, 0.1) is 0 Å². The molecule has 6 heteroatoms. The monoisotopic (exact) mass is 250 g/mol. The molecule has 6 nitrogen and oxygen atoms in total. The fourth-order valence-corrected chi connectivity index (χ4v) is 2.14. The minimum Gasteiger partial charge on any atom is -0.480 e. The second-order valence-corrected chi connectivity index (χ2v) is 4.35. The van der Waals surface area contributed by atoms with Gasteiger partial charge in [-0.2, -0.15) is 0 Å². The van der Waals surface area contributed by atoms with E-state index in [1.54, 1.807) is 0 Å². The number of aromatic amines is 1. The highest BCUT2D eigenvalue weighted by molar-refractivity contribution is 6.00. The van der Waals surface area contributed by atoms with Crippen LogP contribution in [0.25, 0.3) is 0 Å². The first kappa shape index (κ1) is 12.3. The van der Waals surface area contributed by atoms with Crippen molar-refractivity contribution in [3.8, 4) is 0 Å². The van der Waals surface area contributed by atoms with E-state index in [-0.39, 0.29) is 17.4 Å². The smallest absolute Gasteiger partial charge is 0.326 e. The second-order valence-electron chi connectivity index (χ2n) is 4.35. The van der Waals surface area contributed by atoms with Crippen molar-refractivity contribution in [2.75, 3.05) is 6.54 Å². The number of carboxylic acids is 1. The summed E-state index contributed by atoms with van der Waals surface area (Å²) in [4.78, 5) is 38.3. The highest BCUT2D eigenvalue weighted by Crippen LogP contribution is 2.20. The van der Waals surface area contributed by atoms with Crippen molar-refractivity contribution < 1.29 is 19.5 Å². The van der Waals surface area contributed by atoms with Crippen LogP contribution in [0.2, 0.25) is 0 Å². The van der Waals surface area contributed by atoms with Gasteiger partial charge in [0.2, 0.25) is 0 Å². The van der Waals surface area contributed by atoms with E-state index in [2.05, 4.69) is 4.98 Å². The van der Waals surface area contributed by atoms with Gasteiger partial charge >= 0.3 is 5.97 Å². The number of hydrogen-bond acceptors (Lipinski definition) is 3. The molecule has 1 saturated heterocycles. The summed E-state index contributed by atoms with van der Waals surface area (Å²) in [7, 11) is 0. The lowest BCUT2D eigenvalue weighted by molar-refractivity contribution is -0.141. The van der Waals surface area contributed by atoms with Gasteiger partial charge in [0, 0.05) is 18.3 Å². The molecule has 96 valence electrons. The number of hydrogen-bond donors (Lipinski definition) is 2. The van der Waals surface area contributed by atoms with Crippen molar-refractivity contribution in [1.29, 1.82) is 0 Å². The Kier molecular flexibility index (Phi) is 3.18. The molecule has 0 aromatic carbocycles. The number of ketones is 1. The maximum Gasteiger partial charge on any atom is 0.326 e. The first-order chi connectivity index (χ1) is 8.50. The van der Waals surface area contributed by atoms with Gasteiger partial charge in [0.1, 0.15) is 11.7 Å². The third-order valence-corrected chi connectivity index (χ3v) is 3.12. The summed E-state index contributed by atoms with van der Waals surface area (Å²) in [6, 6.07) is 0.698. The van der Waals surface area contributed by atoms with E-state index >= 15 is 0 Å². The van der Waals surface area contributed by atoms with E-state index < -0.39 is 12.0 Å². The SMILES string of the molecule is CC(=O)c1c[nH]c(C(=O)N2CCC[C@@H]2C(=O)O)c1. The number of H-pyrrole nitrogens is 1. The lowest BCUT2D eigenvalue weighted by Crippen LogP contribution is -2.40. The fourth-order valence-electron chi connectivity index (χ4n) is 2.14. The van der Waals surface area contributed by atoms with Crippen LogP contribution in [0.5, 0.6) is 0 Å². The zero-order valence-corrected chi connectivity index (χ0v) is 9.97. The number of rotatable bonds is 3. The van der Waals surface area contributed by atoms with Crippen LogP contribution < -0.4 is 0 Å². The molecule has 0 bridgehead atoms. The van der Waals surface area contributed by atoms with Crippen LogP contribution in [-0.2, 0) is 4.79 Å². The van der Waals surface area contributed by atoms with Gasteiger partial charge in [-0.25, -0.2) is 4.79 Å². The summed E-state index contributed by atoms with van der Waals surface area (Å²) < 4.78 is 0. The van der Waals surface area contributed by atoms with Gasteiger partial charge in [0.25, 0.3) is 5.91 Å². The van der Waals surface area contributed by atoms with Crippen molar-refractivity contribution in [3.63, 3.8) is 0 Å². The molecule has 2 N–H and O–H groups in total. The first-order valence-corrected chi connectivity index (χ1v) is 5.74. The molecule has 0 saturated carbocycles. The molecule has 0 radical (unpaired) electrons. The Morgan fingerprint density at radius 3 is 2.72 bits per heavy atom. The Labute approximate surface area is 104 Å². The van der Waals surface area contributed by atoms with Crippen molar-refractivity contribution >= 4 is 17.7 Å². The van der Waals surface area contributed by atoms with E-state index in [0.29, 0.717) is 24.9 Å². The number of aliphatic carboxylic acids is 1. The topological polar surface area (TPSA) is 90.5 Å². The summed E-state index contributed by atoms with van der Waals surface area (Å²) in [5.41, 5.74) is 0.678. The molecule has 0 aliphatic carbocycles. The van der Waals surface area contributed by atoms with Crippen LogP contribution in [0.1, 0.15) is 40.6 Å². The molecule has 1 aromatic rings. The number of nitrogens with one attached hydrogen (secondary N) is 1. The number of likely N-dealkylation sites (tertiary alicyclic amines) is 1. The zero-order valence-electron chi connectivity index (χ0n) is 9.97. The van der Waals surface area contributed by atoms with Crippen molar-refractivity contribution in [2.24, 2.45) is 0 Å². The van der Waals surface area contributed by atoms with Crippen molar-refractivity contribution in [1.82, 2.24) is 9.88 Å². The van der Waals surface area contributed by atoms with E-state index in [1.807, 2.05) is 0 Å². The molecule has 0 spiro atoms. The molecule has 1 atom stereocenters. The van der Waals surface area contributed by atoms with Gasteiger partial charge in [-0.05, 0) is 25.8 Å². The number of nitrogens with zero attached hydrogens (tertiary/aromatic N) is 1. The Bertz CT molecular complexity index is 506. The molecule has 1 aliphatic heterocycles. The number of aromatic nitrogens is 1. The standard InChI is InChI=1S/C12H14N2O4/c1-7(15)8-5-9(13-6-8)11(16)14-4-2-3-10(14)12(17)18/h5-6,10,13H,2-4H2,1H3,(H,17,18)/t10-/m1/s1. The van der Waals surface area contributed by atoms with Crippen LogP contribution in [-0.4, -0.2) is 45.2 Å². The third kappa shape index (κ3) is 2.13. The largest absolute Gasteiger partial charge is 0.480 e. The van der Waals surface area contributed by atoms with Gasteiger partial charge in [0.05, 0.1) is 0 Å². The van der Waals surface area contributed by atoms with Crippen LogP contribution in [0.15, 0.2) is 12.3 Å². The molecule has 1 fully saturated rings. The zero-order chi connectivity index (χ0) is 13.3. The van der Waals surface area contributed by atoms with Crippen LogP contribution >= 0.6 is 0 Å². The molecule has 1 aromatic heterocycles. The molecular weight excluding hydrogens is 236 g/mol. The highest BCUT2D eigenvalue weighted by Gasteiger charge is 2.34. The molecule has 18 heavy (non-hydrogen) atoms. The van der Waals surface area contributed by atoms with E-state index in [0.717, 1.165) is 0 Å². The quantitative estimate of drug-likeness (QED) is 0.780. The summed E-state index contributed by atoms with van der Waals surface area (Å²) in [6.45, 7) is 1.84. The Morgan fingerprint density at radius 1 is 1.44 bits per heavy atom. The maximum absolute atomic E-state index is 12.1. The predicted molar refractivity (Wildman–Crippen MR) is 62.5 cm³/mol. The Hall–Kier alpha value is -2.11. The van der Waals surface area contributed by atoms with E-state index in [1.165, 1.54) is 24.1 Å². The second kappa shape index (κ2) is 4.64. The summed E-state index contributed by atoms with van der Waals surface area (Å²) >= 11 is 0. The molecule has 1 aliphatic rings. The lowest BCUT2D eigenvalue weighted by Gasteiger charge is -2.20. The number of carbonyl (C=O) groups is 3. The fraction of sp³-hybridized carbons (Fsp3) is 0.417. The number of Topliss-reactive ketones (excluding diaryl/α,β-unsaturated/α-hetero) is 1. The van der Waals surface area contributed by atoms with Crippen molar-refractivity contribution in [3.05, 3.63) is 23.5 Å². The predicted octanol–water partition coefficient (Wildman–Crippen LogP) is 0.907. The average molecular weight is 250 g/mol. The van der Waals surface area contributed by atoms with Gasteiger partial charge in [0.15, 0.2) is 5.78 Å². The summed E-state index contributed by atoms with van der Waals surface area (Å²) in [5.74, 6) is -1.49. The number of amides is 1. The maximum atomic E-state index is 12.1. The van der Waals surface area contributed by atoms with E-state index in [4.69, 9.17) is 5.11 Å². The van der Waals surface area contributed by atoms with Gasteiger partial charge in [-0.15, -0.1) is 0 Å². The van der Waals surface area contributed by atoms with Gasteiger partial charge < -0.3 is 15.0 Å². The summed E-state index contributed by atoms with van der Waals surface area (Å²) in [5, 5.41) is 9.01.